The van der Waals surface area contributed by atoms with E-state index in [1.807, 2.05) is 0 Å². The molecule has 12 heteroatoms. The highest BCUT2D eigenvalue weighted by Crippen LogP contribution is 2.24. The van der Waals surface area contributed by atoms with Gasteiger partial charge in [0.1, 0.15) is 0 Å². The van der Waals surface area contributed by atoms with Gasteiger partial charge in [-0.05, 0) is 26.7 Å². The zero-order chi connectivity index (χ0) is 24.2. The molecule has 0 bridgehead atoms. The van der Waals surface area contributed by atoms with Crippen molar-refractivity contribution in [2.24, 2.45) is 5.41 Å². The molecule has 31 heavy (non-hydrogen) atoms. The Hall–Kier alpha value is -1.92. The Balaban J connectivity index is 4.79. The van der Waals surface area contributed by atoms with Gasteiger partial charge in [-0.15, -0.1) is 0 Å². The Labute approximate surface area is 183 Å². The SMILES string of the molecule is CCCC(OC(=O)OC(C)C)OC(=O)[C@H](O)C(C)(C)COS(=O)(=O)CCCNC(C)=O. The fraction of sp³-hybridized carbons (Fsp3) is 0.842. The molecule has 0 saturated carbocycles. The number of aliphatic hydroxyl groups excluding tert-OH is 1. The molecule has 0 saturated heterocycles. The Morgan fingerprint density at radius 3 is 2.23 bits per heavy atom. The number of nitrogens with one attached hydrogen (secondary N) is 1. The van der Waals surface area contributed by atoms with Crippen LogP contribution in [0.15, 0.2) is 0 Å². The number of esters is 1. The van der Waals surface area contributed by atoms with Gasteiger partial charge in [-0.2, -0.15) is 8.42 Å². The monoisotopic (exact) mass is 469 g/mol. The van der Waals surface area contributed by atoms with Crippen molar-refractivity contribution >= 4 is 28.1 Å². The molecule has 2 N–H and O–H groups in total. The van der Waals surface area contributed by atoms with E-state index < -0.39 is 52.8 Å². The molecular formula is C19H35NO10S. The van der Waals surface area contributed by atoms with E-state index in [2.05, 4.69) is 5.32 Å². The van der Waals surface area contributed by atoms with Crippen LogP contribution in [0.2, 0.25) is 0 Å². The molecule has 0 aliphatic carbocycles. The van der Waals surface area contributed by atoms with Gasteiger partial charge in [0.15, 0.2) is 6.10 Å². The lowest BCUT2D eigenvalue weighted by Gasteiger charge is -2.29. The summed E-state index contributed by atoms with van der Waals surface area (Å²) in [6.45, 7) is 8.89. The summed E-state index contributed by atoms with van der Waals surface area (Å²) in [7, 11) is -3.93. The average molecular weight is 470 g/mol. The third-order valence-electron chi connectivity index (χ3n) is 3.85. The van der Waals surface area contributed by atoms with Crippen molar-refractivity contribution in [1.82, 2.24) is 5.32 Å². The van der Waals surface area contributed by atoms with Crippen molar-refractivity contribution in [1.29, 1.82) is 0 Å². The second-order valence-corrected chi connectivity index (χ2v) is 9.70. The van der Waals surface area contributed by atoms with Gasteiger partial charge < -0.3 is 24.6 Å². The van der Waals surface area contributed by atoms with Crippen molar-refractivity contribution < 1.29 is 46.3 Å². The zero-order valence-corrected chi connectivity index (χ0v) is 19.8. The largest absolute Gasteiger partial charge is 0.511 e. The van der Waals surface area contributed by atoms with E-state index in [1.54, 1.807) is 20.8 Å². The van der Waals surface area contributed by atoms with E-state index in [0.717, 1.165) is 0 Å². The predicted octanol–water partition coefficient (Wildman–Crippen LogP) is 1.48. The highest BCUT2D eigenvalue weighted by molar-refractivity contribution is 7.86. The molecule has 0 spiro atoms. The summed E-state index contributed by atoms with van der Waals surface area (Å²) < 4.78 is 43.7. The summed E-state index contributed by atoms with van der Waals surface area (Å²) in [5.74, 6) is -1.70. The van der Waals surface area contributed by atoms with Crippen molar-refractivity contribution in [3.8, 4) is 0 Å². The van der Waals surface area contributed by atoms with Crippen LogP contribution in [0.5, 0.6) is 0 Å². The molecule has 0 aliphatic heterocycles. The van der Waals surface area contributed by atoms with Crippen LogP contribution in [0.3, 0.4) is 0 Å². The molecule has 1 amide bonds. The molecule has 2 atom stereocenters. The molecule has 0 aromatic rings. The maximum absolute atomic E-state index is 12.3. The average Bonchev–Trinajstić information content (AvgIpc) is 2.62. The van der Waals surface area contributed by atoms with Crippen molar-refractivity contribution in [3.63, 3.8) is 0 Å². The van der Waals surface area contributed by atoms with Gasteiger partial charge in [-0.25, -0.2) is 9.59 Å². The standard InChI is InChI=1S/C19H35NO10S/c1-7-9-15(30-18(24)28-13(2)3)29-17(23)16(22)19(5,6)12-27-31(25,26)11-8-10-20-14(4)21/h13,15-16,22H,7-12H2,1-6H3,(H,20,21)/t15?,16-/m0/s1. The van der Waals surface area contributed by atoms with Gasteiger partial charge in [-0.1, -0.05) is 20.8 Å². The van der Waals surface area contributed by atoms with Gasteiger partial charge in [-0.3, -0.25) is 8.98 Å². The van der Waals surface area contributed by atoms with Crippen LogP contribution in [0.25, 0.3) is 0 Å². The highest BCUT2D eigenvalue weighted by atomic mass is 32.2. The Morgan fingerprint density at radius 2 is 1.71 bits per heavy atom. The first-order chi connectivity index (χ1) is 14.2. The van der Waals surface area contributed by atoms with E-state index in [1.165, 1.54) is 20.8 Å². The molecule has 11 nitrogen and oxygen atoms in total. The smallest absolute Gasteiger partial charge is 0.431 e. The first-order valence-corrected chi connectivity index (χ1v) is 11.6. The fourth-order valence-corrected chi connectivity index (χ4v) is 3.21. The molecule has 0 aromatic carbocycles. The summed E-state index contributed by atoms with van der Waals surface area (Å²) in [5, 5.41) is 12.8. The quantitative estimate of drug-likeness (QED) is 0.165. The molecule has 0 aromatic heterocycles. The minimum Gasteiger partial charge on any atom is -0.431 e. The first-order valence-electron chi connectivity index (χ1n) is 10.1. The van der Waals surface area contributed by atoms with E-state index in [4.69, 9.17) is 18.4 Å². The number of rotatable bonds is 14. The van der Waals surface area contributed by atoms with Crippen LogP contribution in [0, 0.1) is 5.41 Å². The second kappa shape index (κ2) is 13.5. The van der Waals surface area contributed by atoms with E-state index >= 15 is 0 Å². The van der Waals surface area contributed by atoms with Gasteiger partial charge >= 0.3 is 12.1 Å². The van der Waals surface area contributed by atoms with Crippen LogP contribution in [-0.4, -0.2) is 69.0 Å². The maximum Gasteiger partial charge on any atom is 0.511 e. The van der Waals surface area contributed by atoms with E-state index in [-0.39, 0.29) is 31.0 Å². The number of hydrogen-bond donors (Lipinski definition) is 2. The Bertz CT molecular complexity index is 690. The summed E-state index contributed by atoms with van der Waals surface area (Å²) in [6.07, 6.45) is -3.58. The molecule has 1 unspecified atom stereocenters. The number of ether oxygens (including phenoxy) is 3. The fourth-order valence-electron chi connectivity index (χ4n) is 2.11. The molecular weight excluding hydrogens is 434 g/mol. The summed E-state index contributed by atoms with van der Waals surface area (Å²) in [4.78, 5) is 34.8. The van der Waals surface area contributed by atoms with Gasteiger partial charge in [0.25, 0.3) is 16.4 Å². The number of carbonyl (C=O) groups excluding carboxylic acids is 3. The minimum absolute atomic E-state index is 0.148. The van der Waals surface area contributed by atoms with Crippen molar-refractivity contribution in [2.45, 2.75) is 79.3 Å². The van der Waals surface area contributed by atoms with Crippen LogP contribution in [0.1, 0.15) is 60.8 Å². The van der Waals surface area contributed by atoms with Crippen molar-refractivity contribution in [3.05, 3.63) is 0 Å². The van der Waals surface area contributed by atoms with Crippen LogP contribution < -0.4 is 5.32 Å². The minimum atomic E-state index is -3.93. The number of carbonyl (C=O) groups is 3. The number of amides is 1. The molecule has 0 heterocycles. The molecule has 0 fully saturated rings. The molecule has 182 valence electrons. The van der Waals surface area contributed by atoms with E-state index in [0.29, 0.717) is 6.42 Å². The Kier molecular flexibility index (Phi) is 12.6. The topological polar surface area (TPSA) is 155 Å². The predicted molar refractivity (Wildman–Crippen MR) is 110 cm³/mol. The highest BCUT2D eigenvalue weighted by Gasteiger charge is 2.38. The third-order valence-corrected chi connectivity index (χ3v) is 5.12. The molecule has 0 aliphatic rings. The lowest BCUT2D eigenvalue weighted by atomic mass is 9.87. The number of hydrogen-bond acceptors (Lipinski definition) is 10. The molecule has 0 radical (unpaired) electrons. The lowest BCUT2D eigenvalue weighted by Crippen LogP contribution is -2.43. The van der Waals surface area contributed by atoms with Gasteiger partial charge in [0, 0.05) is 25.3 Å². The first kappa shape index (κ1) is 29.1. The number of aliphatic hydroxyl groups is 1. The van der Waals surface area contributed by atoms with E-state index in [9.17, 15) is 27.9 Å². The van der Waals surface area contributed by atoms with Crippen LogP contribution in [0.4, 0.5) is 4.79 Å². The van der Waals surface area contributed by atoms with Gasteiger partial charge in [0.2, 0.25) is 5.91 Å². The second-order valence-electron chi connectivity index (χ2n) is 7.94. The van der Waals surface area contributed by atoms with Crippen molar-refractivity contribution in [2.75, 3.05) is 18.9 Å². The normalized spacial score (nSPS) is 13.9. The lowest BCUT2D eigenvalue weighted by molar-refractivity contribution is -0.188. The summed E-state index contributed by atoms with van der Waals surface area (Å²) >= 11 is 0. The summed E-state index contributed by atoms with van der Waals surface area (Å²) in [6, 6.07) is 0. The zero-order valence-electron chi connectivity index (χ0n) is 19.0. The third kappa shape index (κ3) is 13.2. The summed E-state index contributed by atoms with van der Waals surface area (Å²) in [5.41, 5.74) is -1.32. The molecule has 0 rings (SSSR count). The van der Waals surface area contributed by atoms with Gasteiger partial charge in [0.05, 0.1) is 18.5 Å². The Morgan fingerprint density at radius 1 is 1.10 bits per heavy atom. The van der Waals surface area contributed by atoms with Crippen LogP contribution in [-0.2, 0) is 38.1 Å². The maximum atomic E-state index is 12.3. The van der Waals surface area contributed by atoms with Crippen LogP contribution >= 0.6 is 0 Å².